The minimum Gasteiger partial charge on any atom is -0.373 e. The molecule has 1 atom stereocenters. The summed E-state index contributed by atoms with van der Waals surface area (Å²) in [6, 6.07) is 12.6. The van der Waals surface area contributed by atoms with E-state index in [-0.39, 0.29) is 18.2 Å². The zero-order valence-corrected chi connectivity index (χ0v) is 14.6. The van der Waals surface area contributed by atoms with E-state index >= 15 is 0 Å². The summed E-state index contributed by atoms with van der Waals surface area (Å²) < 4.78 is 0.730. The van der Waals surface area contributed by atoms with Crippen LogP contribution >= 0.6 is 15.9 Å². The number of amides is 2. The summed E-state index contributed by atoms with van der Waals surface area (Å²) in [6.45, 7) is 4.06. The first-order valence-corrected chi connectivity index (χ1v) is 8.22. The van der Waals surface area contributed by atoms with Gasteiger partial charge in [-0.15, -0.1) is 0 Å². The van der Waals surface area contributed by atoms with E-state index < -0.39 is 6.04 Å². The monoisotopic (exact) mass is 372 g/mol. The Balaban J connectivity index is 1.84. The summed E-state index contributed by atoms with van der Waals surface area (Å²) in [5.74, 6) is -0.414. The number of imide groups is 1. The molecule has 5 heteroatoms. The van der Waals surface area contributed by atoms with Crippen molar-refractivity contribution in [3.8, 4) is 0 Å². The molecule has 118 valence electrons. The molecule has 2 aromatic rings. The molecular weight excluding hydrogens is 356 g/mol. The van der Waals surface area contributed by atoms with Crippen LogP contribution in [0.25, 0.3) is 0 Å². The first kappa shape index (κ1) is 15.7. The highest BCUT2D eigenvalue weighted by Gasteiger charge is 2.40. The Bertz CT molecular complexity index is 788. The number of rotatable bonds is 3. The predicted octanol–water partition coefficient (Wildman–Crippen LogP) is 3.81. The van der Waals surface area contributed by atoms with Gasteiger partial charge in [-0.05, 0) is 65.2 Å². The van der Waals surface area contributed by atoms with Gasteiger partial charge < -0.3 is 5.32 Å². The number of hydrogen-bond acceptors (Lipinski definition) is 3. The van der Waals surface area contributed by atoms with Crippen LogP contribution in [-0.4, -0.2) is 17.9 Å². The fraction of sp³-hybridized carbons (Fsp3) is 0.222. The fourth-order valence-corrected chi connectivity index (χ4v) is 3.13. The average Bonchev–Trinajstić information content (AvgIpc) is 2.78. The maximum atomic E-state index is 12.6. The number of benzene rings is 2. The van der Waals surface area contributed by atoms with Gasteiger partial charge in [-0.3, -0.25) is 9.59 Å². The molecule has 1 aliphatic rings. The zero-order valence-electron chi connectivity index (χ0n) is 13.0. The molecule has 0 unspecified atom stereocenters. The van der Waals surface area contributed by atoms with Gasteiger partial charge in [0.2, 0.25) is 5.91 Å². The first-order chi connectivity index (χ1) is 11.0. The highest BCUT2D eigenvalue weighted by atomic mass is 79.9. The van der Waals surface area contributed by atoms with E-state index in [1.54, 1.807) is 6.07 Å². The second kappa shape index (κ2) is 6.16. The van der Waals surface area contributed by atoms with Gasteiger partial charge in [0.25, 0.3) is 5.91 Å². The van der Waals surface area contributed by atoms with Gasteiger partial charge in [-0.25, -0.2) is 4.90 Å². The summed E-state index contributed by atoms with van der Waals surface area (Å²) in [5.41, 5.74) is 3.79. The number of carbonyl (C=O) groups excluding carboxylic acids is 2. The van der Waals surface area contributed by atoms with Crippen molar-refractivity contribution in [2.45, 2.75) is 26.3 Å². The molecule has 0 radical (unpaired) electrons. The van der Waals surface area contributed by atoms with Crippen LogP contribution in [-0.2, 0) is 9.59 Å². The standard InChI is InChI=1S/C18H17BrN2O2/c1-11-7-8-13(9-12(11)2)20-15-10-17(22)21(18(15)23)16-6-4-3-5-14(16)19/h3-9,15,20H,10H2,1-2H3/t15-/m1/s1. The highest BCUT2D eigenvalue weighted by Crippen LogP contribution is 2.31. The third-order valence-electron chi connectivity index (χ3n) is 4.09. The van der Waals surface area contributed by atoms with Crippen LogP contribution < -0.4 is 10.2 Å². The lowest BCUT2D eigenvalue weighted by molar-refractivity contribution is -0.121. The smallest absolute Gasteiger partial charge is 0.256 e. The van der Waals surface area contributed by atoms with Gasteiger partial charge in [0.1, 0.15) is 6.04 Å². The zero-order chi connectivity index (χ0) is 16.6. The summed E-state index contributed by atoms with van der Waals surface area (Å²) in [5, 5.41) is 3.18. The molecule has 1 saturated heterocycles. The normalized spacial score (nSPS) is 17.7. The maximum absolute atomic E-state index is 12.6. The predicted molar refractivity (Wildman–Crippen MR) is 94.6 cm³/mol. The van der Waals surface area contributed by atoms with E-state index in [0.717, 1.165) is 15.7 Å². The second-order valence-corrected chi connectivity index (χ2v) is 6.57. The minimum atomic E-state index is -0.531. The average molecular weight is 373 g/mol. The van der Waals surface area contributed by atoms with Crippen molar-refractivity contribution in [2.75, 3.05) is 10.2 Å². The number of halogens is 1. The Kier molecular flexibility index (Phi) is 4.22. The molecule has 1 N–H and O–H groups in total. The van der Waals surface area contributed by atoms with E-state index in [0.29, 0.717) is 5.69 Å². The van der Waals surface area contributed by atoms with Gasteiger partial charge in [0.05, 0.1) is 12.1 Å². The number of anilines is 2. The number of aryl methyl sites for hydroxylation is 2. The number of nitrogens with zero attached hydrogens (tertiary/aromatic N) is 1. The largest absolute Gasteiger partial charge is 0.373 e. The molecule has 1 fully saturated rings. The van der Waals surface area contributed by atoms with E-state index in [1.165, 1.54) is 10.5 Å². The van der Waals surface area contributed by atoms with E-state index in [9.17, 15) is 9.59 Å². The molecule has 1 heterocycles. The van der Waals surface area contributed by atoms with Gasteiger partial charge in [-0.1, -0.05) is 18.2 Å². The lowest BCUT2D eigenvalue weighted by Crippen LogP contribution is -2.35. The van der Waals surface area contributed by atoms with Crippen LogP contribution in [0.5, 0.6) is 0 Å². The van der Waals surface area contributed by atoms with Crippen molar-refractivity contribution >= 4 is 39.1 Å². The number of para-hydroxylation sites is 1. The van der Waals surface area contributed by atoms with Gasteiger partial charge in [-0.2, -0.15) is 0 Å². The molecule has 1 aliphatic heterocycles. The molecule has 3 rings (SSSR count). The van der Waals surface area contributed by atoms with Crippen molar-refractivity contribution in [3.05, 3.63) is 58.1 Å². The first-order valence-electron chi connectivity index (χ1n) is 7.42. The third-order valence-corrected chi connectivity index (χ3v) is 4.76. The van der Waals surface area contributed by atoms with E-state index in [4.69, 9.17) is 0 Å². The molecule has 4 nitrogen and oxygen atoms in total. The van der Waals surface area contributed by atoms with Crippen LogP contribution in [0.3, 0.4) is 0 Å². The lowest BCUT2D eigenvalue weighted by Gasteiger charge is -2.17. The molecular formula is C18H17BrN2O2. The van der Waals surface area contributed by atoms with Crippen LogP contribution in [0.15, 0.2) is 46.9 Å². The number of nitrogens with one attached hydrogen (secondary N) is 1. The van der Waals surface area contributed by atoms with Gasteiger partial charge in [0, 0.05) is 10.2 Å². The lowest BCUT2D eigenvalue weighted by atomic mass is 10.1. The molecule has 0 aromatic heterocycles. The van der Waals surface area contributed by atoms with Crippen molar-refractivity contribution in [2.24, 2.45) is 0 Å². The number of hydrogen-bond donors (Lipinski definition) is 1. The topological polar surface area (TPSA) is 49.4 Å². The van der Waals surface area contributed by atoms with Crippen molar-refractivity contribution in [1.29, 1.82) is 0 Å². The Morgan fingerprint density at radius 1 is 1.09 bits per heavy atom. The fourth-order valence-electron chi connectivity index (χ4n) is 2.66. The molecule has 23 heavy (non-hydrogen) atoms. The van der Waals surface area contributed by atoms with Crippen molar-refractivity contribution in [3.63, 3.8) is 0 Å². The number of carbonyl (C=O) groups is 2. The Labute approximate surface area is 143 Å². The Hall–Kier alpha value is -2.14. The summed E-state index contributed by atoms with van der Waals surface area (Å²) in [4.78, 5) is 26.2. The van der Waals surface area contributed by atoms with Gasteiger partial charge in [0.15, 0.2) is 0 Å². The second-order valence-electron chi connectivity index (χ2n) is 5.72. The van der Waals surface area contributed by atoms with E-state index in [1.807, 2.05) is 50.2 Å². The maximum Gasteiger partial charge on any atom is 0.256 e. The summed E-state index contributed by atoms with van der Waals surface area (Å²) in [6.07, 6.45) is 0.160. The summed E-state index contributed by atoms with van der Waals surface area (Å²) in [7, 11) is 0. The quantitative estimate of drug-likeness (QED) is 0.833. The Morgan fingerprint density at radius 2 is 1.83 bits per heavy atom. The van der Waals surface area contributed by atoms with E-state index in [2.05, 4.69) is 21.2 Å². The summed E-state index contributed by atoms with van der Waals surface area (Å²) >= 11 is 3.40. The Morgan fingerprint density at radius 3 is 2.52 bits per heavy atom. The van der Waals surface area contributed by atoms with Crippen LogP contribution in [0.1, 0.15) is 17.5 Å². The van der Waals surface area contributed by atoms with Crippen molar-refractivity contribution < 1.29 is 9.59 Å². The molecule has 0 spiro atoms. The van der Waals surface area contributed by atoms with Crippen LogP contribution in [0.2, 0.25) is 0 Å². The molecule has 0 saturated carbocycles. The molecule has 2 amide bonds. The van der Waals surface area contributed by atoms with Gasteiger partial charge >= 0.3 is 0 Å². The van der Waals surface area contributed by atoms with Crippen LogP contribution in [0, 0.1) is 13.8 Å². The molecule has 2 aromatic carbocycles. The minimum absolute atomic E-state index is 0.160. The van der Waals surface area contributed by atoms with Crippen molar-refractivity contribution in [1.82, 2.24) is 0 Å². The van der Waals surface area contributed by atoms with Crippen LogP contribution in [0.4, 0.5) is 11.4 Å². The molecule has 0 bridgehead atoms. The molecule has 0 aliphatic carbocycles. The SMILES string of the molecule is Cc1ccc(N[C@@H]2CC(=O)N(c3ccccc3Br)C2=O)cc1C. The third kappa shape index (κ3) is 3.01. The highest BCUT2D eigenvalue weighted by molar-refractivity contribution is 9.10.